The number of rotatable bonds is 9. The molecule has 3 rings (SSSR count). The molecule has 0 amide bonds. The van der Waals surface area contributed by atoms with Crippen LogP contribution in [0.5, 0.6) is 5.75 Å². The summed E-state index contributed by atoms with van der Waals surface area (Å²) in [6.07, 6.45) is 6.26. The van der Waals surface area contributed by atoms with Crippen molar-refractivity contribution in [1.29, 1.82) is 0 Å². The number of benzene rings is 1. The van der Waals surface area contributed by atoms with Crippen molar-refractivity contribution in [3.63, 3.8) is 0 Å². The van der Waals surface area contributed by atoms with Crippen LogP contribution >= 0.6 is 12.2 Å². The first-order valence-corrected chi connectivity index (χ1v) is 8.35. The Morgan fingerprint density at radius 1 is 1.19 bits per heavy atom. The van der Waals surface area contributed by atoms with Gasteiger partial charge in [-0.25, -0.2) is 0 Å². The maximum Gasteiger partial charge on any atom is 0.119 e. The third kappa shape index (κ3) is 4.97. The van der Waals surface area contributed by atoms with Crippen molar-refractivity contribution in [2.45, 2.75) is 38.1 Å². The normalized spacial score (nSPS) is 18.0. The van der Waals surface area contributed by atoms with Crippen LogP contribution in [0.4, 0.5) is 0 Å². The smallest absolute Gasteiger partial charge is 0.119 e. The van der Waals surface area contributed by atoms with Crippen LogP contribution < -0.4 is 10.5 Å². The van der Waals surface area contributed by atoms with E-state index < -0.39 is 0 Å². The Labute approximate surface area is 132 Å². The van der Waals surface area contributed by atoms with E-state index in [-0.39, 0.29) is 0 Å². The summed E-state index contributed by atoms with van der Waals surface area (Å²) in [7, 11) is 0. The molecule has 21 heavy (non-hydrogen) atoms. The first-order valence-electron chi connectivity index (χ1n) is 7.95. The second-order valence-electron chi connectivity index (χ2n) is 6.30. The molecule has 0 aliphatic heterocycles. The van der Waals surface area contributed by atoms with Crippen molar-refractivity contribution < 1.29 is 4.74 Å². The lowest BCUT2D eigenvalue weighted by molar-refractivity contribution is 0.195. The number of hydrogen-bond donors (Lipinski definition) is 1. The molecular formula is C17H24N2OS. The summed E-state index contributed by atoms with van der Waals surface area (Å²) in [5.41, 5.74) is 6.69. The van der Waals surface area contributed by atoms with Gasteiger partial charge in [0.15, 0.2) is 0 Å². The lowest BCUT2D eigenvalue weighted by Crippen LogP contribution is -2.32. The molecule has 2 N–H and O–H groups in total. The first-order chi connectivity index (χ1) is 10.2. The molecule has 2 saturated carbocycles. The predicted molar refractivity (Wildman–Crippen MR) is 89.7 cm³/mol. The molecule has 0 unspecified atom stereocenters. The molecule has 0 radical (unpaired) electrons. The zero-order valence-corrected chi connectivity index (χ0v) is 13.3. The van der Waals surface area contributed by atoms with Gasteiger partial charge in [0.25, 0.3) is 0 Å². The van der Waals surface area contributed by atoms with E-state index in [2.05, 4.69) is 4.90 Å². The zero-order chi connectivity index (χ0) is 14.7. The lowest BCUT2D eigenvalue weighted by Gasteiger charge is -2.21. The van der Waals surface area contributed by atoms with Crippen LogP contribution in [0.25, 0.3) is 0 Å². The van der Waals surface area contributed by atoms with Crippen molar-refractivity contribution in [2.24, 2.45) is 11.7 Å². The molecule has 2 aliphatic carbocycles. The summed E-state index contributed by atoms with van der Waals surface area (Å²) in [6.45, 7) is 3.11. The molecule has 1 aromatic carbocycles. The number of nitrogens with zero attached hydrogens (tertiary/aromatic N) is 1. The van der Waals surface area contributed by atoms with Crippen molar-refractivity contribution in [3.8, 4) is 5.75 Å². The summed E-state index contributed by atoms with van der Waals surface area (Å²) < 4.78 is 5.87. The Morgan fingerprint density at radius 3 is 2.48 bits per heavy atom. The van der Waals surface area contributed by atoms with Crippen molar-refractivity contribution in [2.75, 3.05) is 19.7 Å². The Kier molecular flexibility index (Phi) is 4.76. The Morgan fingerprint density at radius 2 is 1.90 bits per heavy atom. The van der Waals surface area contributed by atoms with Gasteiger partial charge in [0, 0.05) is 25.6 Å². The number of thiocarbonyl (C=S) groups is 1. The van der Waals surface area contributed by atoms with Crippen LogP contribution in [0, 0.1) is 5.92 Å². The molecule has 0 heterocycles. The summed E-state index contributed by atoms with van der Waals surface area (Å²) in [5, 5.41) is 0. The van der Waals surface area contributed by atoms with Crippen LogP contribution in [0.15, 0.2) is 24.3 Å². The summed E-state index contributed by atoms with van der Waals surface area (Å²) in [6, 6.07) is 8.93. The topological polar surface area (TPSA) is 38.5 Å². The molecule has 4 heteroatoms. The fraction of sp³-hybridized carbons (Fsp3) is 0.588. The molecule has 2 aliphatic rings. The van der Waals surface area contributed by atoms with Crippen molar-refractivity contribution in [3.05, 3.63) is 29.8 Å². The van der Waals surface area contributed by atoms with Crippen LogP contribution in [-0.4, -0.2) is 35.6 Å². The zero-order valence-electron chi connectivity index (χ0n) is 12.5. The lowest BCUT2D eigenvalue weighted by atomic mass is 10.1. The van der Waals surface area contributed by atoms with Gasteiger partial charge in [-0.1, -0.05) is 24.4 Å². The molecule has 3 nitrogen and oxygen atoms in total. The second-order valence-corrected chi connectivity index (χ2v) is 6.83. The van der Waals surface area contributed by atoms with Crippen LogP contribution in [0.2, 0.25) is 0 Å². The van der Waals surface area contributed by atoms with Gasteiger partial charge in [0.05, 0.1) is 4.99 Å². The highest BCUT2D eigenvalue weighted by Crippen LogP contribution is 2.34. The van der Waals surface area contributed by atoms with Crippen molar-refractivity contribution in [1.82, 2.24) is 4.90 Å². The summed E-state index contributed by atoms with van der Waals surface area (Å²) in [5.74, 6) is 1.90. The van der Waals surface area contributed by atoms with Crippen LogP contribution in [0.1, 0.15) is 31.2 Å². The number of nitrogens with two attached hydrogens (primary N) is 1. The van der Waals surface area contributed by atoms with Gasteiger partial charge in [0.1, 0.15) is 12.4 Å². The average Bonchev–Trinajstić information content (AvgIpc) is 3.33. The Hall–Kier alpha value is -1.13. The van der Waals surface area contributed by atoms with Gasteiger partial charge in [-0.15, -0.1) is 0 Å². The van der Waals surface area contributed by atoms with Gasteiger partial charge >= 0.3 is 0 Å². The SMILES string of the molecule is NC(=S)Cc1ccc(OCCN(CC2CC2)C2CC2)cc1. The number of ether oxygens (including phenoxy) is 1. The molecule has 0 spiro atoms. The van der Waals surface area contributed by atoms with Crippen molar-refractivity contribution >= 4 is 17.2 Å². The van der Waals surface area contributed by atoms with Crippen LogP contribution in [0.3, 0.4) is 0 Å². The highest BCUT2D eigenvalue weighted by molar-refractivity contribution is 7.80. The highest BCUT2D eigenvalue weighted by Gasteiger charge is 2.33. The fourth-order valence-electron chi connectivity index (χ4n) is 2.68. The van der Waals surface area contributed by atoms with Gasteiger partial charge in [-0.3, -0.25) is 4.90 Å². The van der Waals surface area contributed by atoms with E-state index in [4.69, 9.17) is 22.7 Å². The second kappa shape index (κ2) is 6.75. The van der Waals surface area contributed by atoms with E-state index >= 15 is 0 Å². The van der Waals surface area contributed by atoms with E-state index in [0.29, 0.717) is 11.4 Å². The Bertz CT molecular complexity index is 480. The minimum atomic E-state index is 0.531. The molecule has 114 valence electrons. The maximum atomic E-state index is 5.87. The van der Waals surface area contributed by atoms with E-state index in [1.807, 2.05) is 24.3 Å². The quantitative estimate of drug-likeness (QED) is 0.712. The van der Waals surface area contributed by atoms with Gasteiger partial charge in [-0.2, -0.15) is 0 Å². The summed E-state index contributed by atoms with van der Waals surface area (Å²) >= 11 is 4.92. The summed E-state index contributed by atoms with van der Waals surface area (Å²) in [4.78, 5) is 3.16. The first kappa shape index (κ1) is 14.8. The number of hydrogen-bond acceptors (Lipinski definition) is 3. The minimum Gasteiger partial charge on any atom is -0.492 e. The van der Waals surface area contributed by atoms with Gasteiger partial charge < -0.3 is 10.5 Å². The average molecular weight is 304 g/mol. The minimum absolute atomic E-state index is 0.531. The maximum absolute atomic E-state index is 5.87. The predicted octanol–water partition coefficient (Wildman–Crippen LogP) is 2.77. The van der Waals surface area contributed by atoms with E-state index in [1.54, 1.807) is 0 Å². The molecule has 0 aromatic heterocycles. The Balaban J connectivity index is 1.42. The molecule has 1 aromatic rings. The highest BCUT2D eigenvalue weighted by atomic mass is 32.1. The fourth-order valence-corrected chi connectivity index (χ4v) is 2.85. The molecule has 0 atom stereocenters. The third-order valence-corrected chi connectivity index (χ3v) is 4.35. The van der Waals surface area contributed by atoms with Gasteiger partial charge in [0.2, 0.25) is 0 Å². The van der Waals surface area contributed by atoms with E-state index in [1.165, 1.54) is 32.2 Å². The molecule has 2 fully saturated rings. The van der Waals surface area contributed by atoms with Gasteiger partial charge in [-0.05, 0) is 49.3 Å². The van der Waals surface area contributed by atoms with Crippen LogP contribution in [-0.2, 0) is 6.42 Å². The largest absolute Gasteiger partial charge is 0.492 e. The third-order valence-electron chi connectivity index (χ3n) is 4.20. The van der Waals surface area contributed by atoms with E-state index in [9.17, 15) is 0 Å². The molecular weight excluding hydrogens is 280 g/mol. The monoisotopic (exact) mass is 304 g/mol. The molecule has 0 bridgehead atoms. The standard InChI is InChI=1S/C17H24N2OS/c18-17(21)11-13-3-7-16(8-4-13)20-10-9-19(15-5-6-15)12-14-1-2-14/h3-4,7-8,14-15H,1-2,5-6,9-12H2,(H2,18,21). The molecule has 0 saturated heterocycles. The van der Waals surface area contributed by atoms with E-state index in [0.717, 1.165) is 36.4 Å².